The van der Waals surface area contributed by atoms with Crippen LogP contribution in [0.1, 0.15) is 22.9 Å². The molecule has 0 amide bonds. The number of rotatable bonds is 9. The van der Waals surface area contributed by atoms with Gasteiger partial charge >= 0.3 is 0 Å². The second-order valence-corrected chi connectivity index (χ2v) is 8.40. The van der Waals surface area contributed by atoms with E-state index in [0.29, 0.717) is 47.0 Å². The number of pyridine rings is 1. The highest BCUT2D eigenvalue weighted by molar-refractivity contribution is 5.84. The van der Waals surface area contributed by atoms with E-state index in [2.05, 4.69) is 20.1 Å². The summed E-state index contributed by atoms with van der Waals surface area (Å²) in [4.78, 5) is 18.1. The number of hydrogen-bond acceptors (Lipinski definition) is 10. The van der Waals surface area contributed by atoms with Gasteiger partial charge in [0.15, 0.2) is 17.3 Å². The molecule has 38 heavy (non-hydrogen) atoms. The topological polar surface area (TPSA) is 132 Å². The molecule has 0 saturated heterocycles. The highest BCUT2D eigenvalue weighted by Gasteiger charge is 2.16. The molecule has 5 aromatic rings. The van der Waals surface area contributed by atoms with Crippen molar-refractivity contribution in [1.29, 1.82) is 0 Å². The monoisotopic (exact) mass is 513 g/mol. The minimum Gasteiger partial charge on any atom is -0.494 e. The van der Waals surface area contributed by atoms with Crippen LogP contribution in [0.25, 0.3) is 16.7 Å². The fourth-order valence-electron chi connectivity index (χ4n) is 4.09. The van der Waals surface area contributed by atoms with Crippen LogP contribution in [0.2, 0.25) is 0 Å². The third-order valence-electron chi connectivity index (χ3n) is 5.85. The second kappa shape index (κ2) is 10.6. The van der Waals surface area contributed by atoms with Gasteiger partial charge in [0.25, 0.3) is 0 Å². The van der Waals surface area contributed by atoms with Gasteiger partial charge in [0, 0.05) is 17.9 Å². The van der Waals surface area contributed by atoms with Crippen LogP contribution in [0.3, 0.4) is 0 Å². The van der Waals surface area contributed by atoms with E-state index < -0.39 is 0 Å². The highest BCUT2D eigenvalue weighted by atomic mass is 16.5. The molecule has 0 aliphatic carbocycles. The van der Waals surface area contributed by atoms with Gasteiger partial charge in [-0.05, 0) is 36.8 Å². The third kappa shape index (κ3) is 5.12. The Morgan fingerprint density at radius 2 is 1.63 bits per heavy atom. The van der Waals surface area contributed by atoms with Crippen molar-refractivity contribution in [2.24, 2.45) is 0 Å². The molecule has 11 nitrogen and oxygen atoms in total. The zero-order valence-electron chi connectivity index (χ0n) is 21.5. The Bertz CT molecular complexity index is 1600. The molecular formula is C27H27N7O4. The van der Waals surface area contributed by atoms with Gasteiger partial charge in [-0.3, -0.25) is 0 Å². The van der Waals surface area contributed by atoms with Crippen molar-refractivity contribution < 1.29 is 18.9 Å². The lowest BCUT2D eigenvalue weighted by Gasteiger charge is -2.11. The Hall–Kier alpha value is -4.93. The molecule has 0 atom stereocenters. The molecule has 11 heteroatoms. The van der Waals surface area contributed by atoms with Crippen LogP contribution in [0.5, 0.6) is 23.1 Å². The van der Waals surface area contributed by atoms with Crippen LogP contribution in [0.15, 0.2) is 54.6 Å². The SMILES string of the molecule is COc1ccc(Cc2nc(N)nn2-c2cc(OCc3ccc4cccc(OC)c4n3)nc(C)n2)cc1OC. The lowest BCUT2D eigenvalue weighted by Crippen LogP contribution is -2.09. The second-order valence-electron chi connectivity index (χ2n) is 8.40. The molecule has 2 aromatic carbocycles. The molecule has 0 aliphatic rings. The van der Waals surface area contributed by atoms with Crippen LogP contribution >= 0.6 is 0 Å². The van der Waals surface area contributed by atoms with Gasteiger partial charge in [0.2, 0.25) is 11.8 Å². The summed E-state index contributed by atoms with van der Waals surface area (Å²) in [7, 11) is 4.82. The van der Waals surface area contributed by atoms with E-state index in [-0.39, 0.29) is 12.6 Å². The van der Waals surface area contributed by atoms with E-state index in [1.807, 2.05) is 48.5 Å². The van der Waals surface area contributed by atoms with Gasteiger partial charge < -0.3 is 24.7 Å². The maximum atomic E-state index is 6.00. The number of nitrogens with two attached hydrogens (primary N) is 1. The maximum absolute atomic E-state index is 6.00. The van der Waals surface area contributed by atoms with Gasteiger partial charge in [-0.1, -0.05) is 24.3 Å². The summed E-state index contributed by atoms with van der Waals surface area (Å²) < 4.78 is 23.8. The summed E-state index contributed by atoms with van der Waals surface area (Å²) in [5.74, 6) is 4.07. The summed E-state index contributed by atoms with van der Waals surface area (Å²) >= 11 is 0. The average molecular weight is 514 g/mol. The summed E-state index contributed by atoms with van der Waals surface area (Å²) in [5.41, 5.74) is 8.42. The fourth-order valence-corrected chi connectivity index (χ4v) is 4.09. The van der Waals surface area contributed by atoms with Crippen LogP contribution in [0, 0.1) is 6.92 Å². The molecule has 0 bridgehead atoms. The van der Waals surface area contributed by atoms with Crippen LogP contribution in [-0.2, 0) is 13.0 Å². The molecule has 3 aromatic heterocycles. The van der Waals surface area contributed by atoms with Crippen molar-refractivity contribution in [1.82, 2.24) is 29.7 Å². The number of anilines is 1. The van der Waals surface area contributed by atoms with E-state index in [0.717, 1.165) is 22.2 Å². The normalized spacial score (nSPS) is 10.9. The molecule has 0 radical (unpaired) electrons. The molecule has 194 valence electrons. The van der Waals surface area contributed by atoms with Gasteiger partial charge in [-0.15, -0.1) is 5.10 Å². The third-order valence-corrected chi connectivity index (χ3v) is 5.85. The molecule has 0 aliphatic heterocycles. The van der Waals surface area contributed by atoms with E-state index in [1.54, 1.807) is 39.0 Å². The van der Waals surface area contributed by atoms with Crippen molar-refractivity contribution >= 4 is 16.9 Å². The van der Waals surface area contributed by atoms with Gasteiger partial charge in [-0.25, -0.2) is 9.97 Å². The first-order chi connectivity index (χ1) is 18.5. The van der Waals surface area contributed by atoms with E-state index in [9.17, 15) is 0 Å². The molecule has 0 fully saturated rings. The smallest absolute Gasteiger partial charge is 0.240 e. The summed E-state index contributed by atoms with van der Waals surface area (Å²) in [6, 6.07) is 17.1. The lowest BCUT2D eigenvalue weighted by atomic mass is 10.1. The molecule has 0 spiro atoms. The highest BCUT2D eigenvalue weighted by Crippen LogP contribution is 2.29. The van der Waals surface area contributed by atoms with Crippen molar-refractivity contribution in [3.63, 3.8) is 0 Å². The van der Waals surface area contributed by atoms with E-state index in [4.69, 9.17) is 29.7 Å². The minimum atomic E-state index is 0.133. The van der Waals surface area contributed by atoms with E-state index >= 15 is 0 Å². The quantitative estimate of drug-likeness (QED) is 0.311. The fraction of sp³-hybridized carbons (Fsp3) is 0.222. The first-order valence-electron chi connectivity index (χ1n) is 11.8. The predicted octanol–water partition coefficient (Wildman–Crippen LogP) is 3.69. The number of ether oxygens (including phenoxy) is 4. The standard InChI is InChI=1S/C27H27N7O4/c1-16-29-24(34-23(32-27(28)33-34)13-17-8-11-20(35-2)22(12-17)37-4)14-25(30-16)38-15-19-10-9-18-6-5-7-21(36-3)26(18)31-19/h5-12,14H,13,15H2,1-4H3,(H2,28,33). The Morgan fingerprint density at radius 1 is 0.816 bits per heavy atom. The Kier molecular flexibility index (Phi) is 6.90. The van der Waals surface area contributed by atoms with Crippen molar-refractivity contribution in [2.75, 3.05) is 27.1 Å². The molecule has 2 N–H and O–H groups in total. The number of aryl methyl sites for hydroxylation is 1. The number of para-hydroxylation sites is 1. The zero-order chi connectivity index (χ0) is 26.6. The number of nitrogen functional groups attached to an aromatic ring is 1. The van der Waals surface area contributed by atoms with Crippen molar-refractivity contribution in [2.45, 2.75) is 20.0 Å². The molecule has 0 unspecified atom stereocenters. The van der Waals surface area contributed by atoms with Gasteiger partial charge in [0.1, 0.15) is 29.5 Å². The Balaban J connectivity index is 1.40. The maximum Gasteiger partial charge on any atom is 0.240 e. The summed E-state index contributed by atoms with van der Waals surface area (Å²) in [6.07, 6.45) is 0.437. The Labute approximate surface area is 219 Å². The van der Waals surface area contributed by atoms with Crippen LogP contribution in [-0.4, -0.2) is 51.0 Å². The average Bonchev–Trinajstić information content (AvgIpc) is 3.30. The van der Waals surface area contributed by atoms with Crippen molar-refractivity contribution in [3.05, 3.63) is 77.5 Å². The van der Waals surface area contributed by atoms with Gasteiger partial charge in [-0.2, -0.15) is 14.6 Å². The summed E-state index contributed by atoms with van der Waals surface area (Å²) in [5, 5.41) is 5.35. The zero-order valence-corrected chi connectivity index (χ0v) is 21.5. The van der Waals surface area contributed by atoms with Crippen molar-refractivity contribution in [3.8, 4) is 28.9 Å². The summed E-state index contributed by atoms with van der Waals surface area (Å²) in [6.45, 7) is 1.99. The van der Waals surface area contributed by atoms with Crippen LogP contribution in [0.4, 0.5) is 5.95 Å². The predicted molar refractivity (Wildman–Crippen MR) is 141 cm³/mol. The Morgan fingerprint density at radius 3 is 2.42 bits per heavy atom. The first-order valence-corrected chi connectivity index (χ1v) is 11.8. The minimum absolute atomic E-state index is 0.133. The number of benzene rings is 2. The molecule has 0 saturated carbocycles. The van der Waals surface area contributed by atoms with Crippen LogP contribution < -0.4 is 24.7 Å². The number of hydrogen-bond donors (Lipinski definition) is 1. The number of methoxy groups -OCH3 is 3. The molecular weight excluding hydrogens is 486 g/mol. The number of fused-ring (bicyclic) bond motifs is 1. The molecule has 3 heterocycles. The lowest BCUT2D eigenvalue weighted by molar-refractivity contribution is 0.288. The largest absolute Gasteiger partial charge is 0.494 e. The number of aromatic nitrogens is 6. The van der Waals surface area contributed by atoms with E-state index in [1.165, 1.54) is 0 Å². The number of nitrogens with zero attached hydrogens (tertiary/aromatic N) is 6. The van der Waals surface area contributed by atoms with Gasteiger partial charge in [0.05, 0.1) is 27.0 Å². The first kappa shape index (κ1) is 24.8. The molecule has 5 rings (SSSR count).